The van der Waals surface area contributed by atoms with E-state index in [4.69, 9.17) is 18.9 Å². The molecule has 0 amide bonds. The highest BCUT2D eigenvalue weighted by atomic mass is 16.7. The molecule has 9 heteroatoms. The number of quaternary nitrogens is 1. The third-order valence-electron chi connectivity index (χ3n) is 13.0. The highest BCUT2D eigenvalue weighted by molar-refractivity contribution is 5.70. The summed E-state index contributed by atoms with van der Waals surface area (Å²) >= 11 is 0. The van der Waals surface area contributed by atoms with Crippen LogP contribution < -0.4 is 5.11 Å². The molecule has 0 fully saturated rings. The van der Waals surface area contributed by atoms with Crippen LogP contribution in [0, 0.1) is 0 Å². The largest absolute Gasteiger partial charge is 0.545 e. The summed E-state index contributed by atoms with van der Waals surface area (Å²) in [5.74, 6) is -2.27. The van der Waals surface area contributed by atoms with Crippen molar-refractivity contribution in [3.63, 3.8) is 0 Å². The quantitative estimate of drug-likeness (QED) is 0.0195. The lowest BCUT2D eigenvalue weighted by atomic mass is 10.0. The van der Waals surface area contributed by atoms with Gasteiger partial charge in [-0.25, -0.2) is 0 Å². The van der Waals surface area contributed by atoms with E-state index in [1.807, 2.05) is 21.1 Å². The van der Waals surface area contributed by atoms with Crippen LogP contribution in [0.25, 0.3) is 0 Å². The smallest absolute Gasteiger partial charge is 0.306 e. The Bertz CT molecular complexity index is 1360. The van der Waals surface area contributed by atoms with E-state index >= 15 is 0 Å². The van der Waals surface area contributed by atoms with Crippen molar-refractivity contribution in [1.82, 2.24) is 0 Å². The predicted molar refractivity (Wildman–Crippen MR) is 302 cm³/mol. The normalized spacial score (nSPS) is 13.2. The zero-order valence-corrected chi connectivity index (χ0v) is 47.5. The summed E-state index contributed by atoms with van der Waals surface area (Å²) < 4.78 is 22.7. The van der Waals surface area contributed by atoms with Gasteiger partial charge in [0, 0.05) is 12.8 Å². The minimum Gasteiger partial charge on any atom is -0.545 e. The first-order chi connectivity index (χ1) is 35.1. The highest BCUT2D eigenvalue weighted by Gasteiger charge is 2.22. The van der Waals surface area contributed by atoms with Gasteiger partial charge in [0.15, 0.2) is 12.4 Å². The summed E-state index contributed by atoms with van der Waals surface area (Å²) in [6, 6.07) is 0. The minimum absolute atomic E-state index is 0.148. The van der Waals surface area contributed by atoms with Gasteiger partial charge in [-0.3, -0.25) is 9.59 Å². The number of carboxylic acids is 1. The number of carbonyl (C=O) groups is 3. The van der Waals surface area contributed by atoms with Crippen LogP contribution in [-0.4, -0.2) is 82.3 Å². The average molecular weight is 1010 g/mol. The van der Waals surface area contributed by atoms with Gasteiger partial charge < -0.3 is 33.3 Å². The number of likely N-dealkylation sites (N-methyl/N-ethyl adjacent to an activating group) is 1. The lowest BCUT2D eigenvalue weighted by molar-refractivity contribution is -0.870. The van der Waals surface area contributed by atoms with Gasteiger partial charge in [-0.1, -0.05) is 254 Å². The summed E-state index contributed by atoms with van der Waals surface area (Å²) in [6.45, 7) is 4.66. The molecule has 2 unspecified atom stereocenters. The molecule has 0 aromatic heterocycles. The van der Waals surface area contributed by atoms with Gasteiger partial charge in [-0.05, 0) is 57.8 Å². The number of ether oxygens (including phenoxy) is 4. The average Bonchev–Trinajstić information content (AvgIpc) is 3.35. The molecule has 0 heterocycles. The molecular weight excluding hydrogens is 899 g/mol. The fraction of sp³-hybridized carbons (Fsp3) is 0.794. The SMILES string of the molecule is CC/C=C\C/C=C\C/C=C\C/C=C\C/C=C\CCCCCCCCCCCCCCCCCC(=O)OC(COC(=O)CCCCCCCCCCCCCCCCCC)COC(OCC[N+](C)(C)C)C(=O)[O-]. The fourth-order valence-corrected chi connectivity index (χ4v) is 8.45. The van der Waals surface area contributed by atoms with Gasteiger partial charge in [0.2, 0.25) is 0 Å². The first-order valence-corrected chi connectivity index (χ1v) is 29.9. The van der Waals surface area contributed by atoms with Crippen molar-refractivity contribution < 1.29 is 42.9 Å². The second-order valence-electron chi connectivity index (χ2n) is 21.3. The number of rotatable bonds is 55. The van der Waals surface area contributed by atoms with Crippen molar-refractivity contribution in [2.75, 3.05) is 47.5 Å². The van der Waals surface area contributed by atoms with E-state index in [9.17, 15) is 19.5 Å². The lowest BCUT2D eigenvalue weighted by Gasteiger charge is -2.26. The summed E-state index contributed by atoms with van der Waals surface area (Å²) in [6.07, 6.45) is 65.6. The van der Waals surface area contributed by atoms with Crippen molar-refractivity contribution in [2.24, 2.45) is 0 Å². The molecule has 0 aromatic rings. The number of carboxylic acid groups (broad SMARTS) is 1. The number of carbonyl (C=O) groups excluding carboxylic acids is 3. The van der Waals surface area contributed by atoms with E-state index in [1.54, 1.807) is 0 Å². The summed E-state index contributed by atoms with van der Waals surface area (Å²) in [4.78, 5) is 37.3. The molecule has 0 spiro atoms. The molecule has 72 heavy (non-hydrogen) atoms. The van der Waals surface area contributed by atoms with E-state index in [0.717, 1.165) is 64.2 Å². The second kappa shape index (κ2) is 54.3. The molecule has 0 aliphatic rings. The standard InChI is InChI=1S/C63H113NO8/c1-6-8-10-12-14-16-18-20-22-24-25-26-27-28-29-30-31-32-33-34-35-36-37-38-40-42-44-46-48-50-52-54-61(66)72-59(58-71-63(62(67)68)69-56-55-64(3,4)5)57-70-60(65)53-51-49-47-45-43-41-39-23-21-19-17-15-13-11-9-7-2/h8,10,14,16,20,22,25-26,28-29,59,63H,6-7,9,11-13,15,17-19,21,23-24,27,30-58H2,1-5H3/b10-8-,16-14-,22-20-,26-25-,29-28-. The molecule has 418 valence electrons. The van der Waals surface area contributed by atoms with Crippen LogP contribution in [0.2, 0.25) is 0 Å². The first-order valence-electron chi connectivity index (χ1n) is 29.9. The Hall–Kier alpha value is -3.01. The second-order valence-corrected chi connectivity index (χ2v) is 21.3. The van der Waals surface area contributed by atoms with Crippen LogP contribution in [0.5, 0.6) is 0 Å². The van der Waals surface area contributed by atoms with E-state index < -0.39 is 24.3 Å². The summed E-state index contributed by atoms with van der Waals surface area (Å²) in [5, 5.41) is 11.8. The Morgan fingerprint density at radius 3 is 1.18 bits per heavy atom. The van der Waals surface area contributed by atoms with Gasteiger partial charge in [0.1, 0.15) is 13.2 Å². The molecule has 2 atom stereocenters. The maximum atomic E-state index is 12.9. The van der Waals surface area contributed by atoms with Crippen LogP contribution in [0.15, 0.2) is 60.8 Å². The van der Waals surface area contributed by atoms with Gasteiger partial charge in [0.05, 0.1) is 40.3 Å². The van der Waals surface area contributed by atoms with E-state index in [2.05, 4.69) is 74.6 Å². The Morgan fingerprint density at radius 2 is 0.792 bits per heavy atom. The first kappa shape index (κ1) is 69.0. The Kier molecular flexibility index (Phi) is 52.0. The molecule has 0 saturated carbocycles. The third kappa shape index (κ3) is 54.8. The van der Waals surface area contributed by atoms with E-state index in [1.165, 1.54) is 167 Å². The number of allylic oxidation sites excluding steroid dienone is 10. The van der Waals surface area contributed by atoms with Crippen LogP contribution in [0.3, 0.4) is 0 Å². The Balaban J connectivity index is 4.14. The van der Waals surface area contributed by atoms with Crippen molar-refractivity contribution in [3.05, 3.63) is 60.8 Å². The molecule has 0 radical (unpaired) electrons. The van der Waals surface area contributed by atoms with Crippen molar-refractivity contribution in [1.29, 1.82) is 0 Å². The maximum absolute atomic E-state index is 12.9. The molecule has 0 rings (SSSR count). The minimum atomic E-state index is -1.62. The topological polar surface area (TPSA) is 111 Å². The van der Waals surface area contributed by atoms with Gasteiger partial charge >= 0.3 is 11.9 Å². The summed E-state index contributed by atoms with van der Waals surface area (Å²) in [5.41, 5.74) is 0. The molecule has 0 aliphatic carbocycles. The highest BCUT2D eigenvalue weighted by Crippen LogP contribution is 2.17. The van der Waals surface area contributed by atoms with Crippen LogP contribution >= 0.6 is 0 Å². The molecule has 0 saturated heterocycles. The molecular formula is C63H113NO8. The van der Waals surface area contributed by atoms with E-state index in [0.29, 0.717) is 23.9 Å². The summed E-state index contributed by atoms with van der Waals surface area (Å²) in [7, 11) is 5.93. The van der Waals surface area contributed by atoms with Gasteiger partial charge in [-0.15, -0.1) is 0 Å². The zero-order valence-electron chi connectivity index (χ0n) is 47.5. The number of esters is 2. The predicted octanol–water partition coefficient (Wildman–Crippen LogP) is 16.3. The van der Waals surface area contributed by atoms with Crippen molar-refractivity contribution in [2.45, 2.75) is 277 Å². The third-order valence-corrected chi connectivity index (χ3v) is 13.0. The van der Waals surface area contributed by atoms with Gasteiger partial charge in [0.25, 0.3) is 0 Å². The van der Waals surface area contributed by atoms with E-state index in [-0.39, 0.29) is 32.2 Å². The Labute approximate surface area is 444 Å². The maximum Gasteiger partial charge on any atom is 0.306 e. The number of unbranched alkanes of at least 4 members (excludes halogenated alkanes) is 30. The monoisotopic (exact) mass is 1010 g/mol. The van der Waals surface area contributed by atoms with Crippen LogP contribution in [0.4, 0.5) is 0 Å². The molecule has 0 aromatic carbocycles. The number of nitrogens with zero attached hydrogens (tertiary/aromatic N) is 1. The fourth-order valence-electron chi connectivity index (χ4n) is 8.45. The number of hydrogen-bond acceptors (Lipinski definition) is 8. The van der Waals surface area contributed by atoms with Crippen LogP contribution in [-0.2, 0) is 33.3 Å². The molecule has 0 aliphatic heterocycles. The van der Waals surface area contributed by atoms with Crippen molar-refractivity contribution >= 4 is 17.9 Å². The molecule has 9 nitrogen and oxygen atoms in total. The molecule has 0 bridgehead atoms. The number of aliphatic carboxylic acids is 1. The van der Waals surface area contributed by atoms with Crippen molar-refractivity contribution in [3.8, 4) is 0 Å². The molecule has 0 N–H and O–H groups in total. The number of hydrogen-bond donors (Lipinski definition) is 0. The van der Waals surface area contributed by atoms with Gasteiger partial charge in [-0.2, -0.15) is 0 Å². The zero-order chi connectivity index (χ0) is 52.7. The lowest BCUT2D eigenvalue weighted by Crippen LogP contribution is -2.44. The van der Waals surface area contributed by atoms with Crippen LogP contribution in [0.1, 0.15) is 264 Å². The Morgan fingerprint density at radius 1 is 0.431 bits per heavy atom.